The number of hydrogen-bond donors (Lipinski definition) is 3. The van der Waals surface area contributed by atoms with Crippen LogP contribution in [0.5, 0.6) is 0 Å². The highest BCUT2D eigenvalue weighted by Crippen LogP contribution is 2.34. The van der Waals surface area contributed by atoms with E-state index in [1.165, 1.54) is 0 Å². The zero-order valence-electron chi connectivity index (χ0n) is 15.6. The number of carbonyl (C=O) groups is 1. The Kier molecular flexibility index (Phi) is 8.83. The highest BCUT2D eigenvalue weighted by molar-refractivity contribution is 7.89. The van der Waals surface area contributed by atoms with Crippen LogP contribution in [-0.2, 0) is 21.0 Å². The molecule has 0 saturated heterocycles. The number of rotatable bonds is 11. The van der Waals surface area contributed by atoms with Gasteiger partial charge in [0, 0.05) is 6.54 Å². The largest absolute Gasteiger partial charge is 0.417 e. The number of alkyl halides is 3. The Morgan fingerprint density at radius 2 is 1.79 bits per heavy atom. The van der Waals surface area contributed by atoms with Crippen molar-refractivity contribution < 1.29 is 30.8 Å². The average Bonchev–Trinajstić information content (AvgIpc) is 2.55. The summed E-state index contributed by atoms with van der Waals surface area (Å²) >= 11 is 0. The zero-order valence-corrected chi connectivity index (χ0v) is 16.5. The quantitative estimate of drug-likeness (QED) is 0.373. The predicted molar refractivity (Wildman–Crippen MR) is 96.3 cm³/mol. The summed E-state index contributed by atoms with van der Waals surface area (Å²) in [5.74, 6) is -1.40. The molecule has 0 aliphatic rings. The lowest BCUT2D eigenvalue weighted by atomic mass is 10.0. The molecule has 0 aromatic heterocycles. The second-order valence-electron chi connectivity index (χ2n) is 6.78. The number of nitrogens with two attached hydrogens (primary N) is 1. The molecule has 6 nitrogen and oxygen atoms in total. The van der Waals surface area contributed by atoms with E-state index in [0.29, 0.717) is 37.9 Å². The number of unbranched alkanes of at least 4 members (excludes halogenated alkanes) is 1. The van der Waals surface area contributed by atoms with Crippen LogP contribution in [0.4, 0.5) is 17.6 Å². The number of amides is 1. The van der Waals surface area contributed by atoms with Crippen molar-refractivity contribution in [3.05, 3.63) is 29.6 Å². The Balaban J connectivity index is 2.59. The first-order valence-electron chi connectivity index (χ1n) is 8.73. The molecule has 11 heteroatoms. The van der Waals surface area contributed by atoms with E-state index in [-0.39, 0.29) is 18.5 Å². The molecule has 4 N–H and O–H groups in total. The summed E-state index contributed by atoms with van der Waals surface area (Å²) in [5.41, 5.74) is 3.74. The molecule has 0 fully saturated rings. The highest BCUT2D eigenvalue weighted by Gasteiger charge is 2.37. The normalized spacial score (nSPS) is 13.7. The third kappa shape index (κ3) is 7.72. The summed E-state index contributed by atoms with van der Waals surface area (Å²) in [6.45, 7) is 4.17. The van der Waals surface area contributed by atoms with E-state index in [2.05, 4.69) is 10.0 Å². The molecule has 0 heterocycles. The minimum Gasteiger partial charge on any atom is -0.368 e. The van der Waals surface area contributed by atoms with E-state index in [9.17, 15) is 30.8 Å². The van der Waals surface area contributed by atoms with Gasteiger partial charge in [0.05, 0.1) is 16.5 Å². The van der Waals surface area contributed by atoms with Crippen molar-refractivity contribution in [2.24, 2.45) is 11.7 Å². The van der Waals surface area contributed by atoms with Crippen LogP contribution in [0.2, 0.25) is 0 Å². The molecule has 1 rings (SSSR count). The molecule has 28 heavy (non-hydrogen) atoms. The second-order valence-corrected chi connectivity index (χ2v) is 8.52. The maximum Gasteiger partial charge on any atom is 0.417 e. The van der Waals surface area contributed by atoms with Crippen molar-refractivity contribution in [1.29, 1.82) is 0 Å². The average molecular weight is 427 g/mol. The van der Waals surface area contributed by atoms with Gasteiger partial charge in [0.1, 0.15) is 5.82 Å². The predicted octanol–water partition coefficient (Wildman–Crippen LogP) is 2.39. The minimum atomic E-state index is -5.00. The van der Waals surface area contributed by atoms with Crippen LogP contribution in [0.1, 0.15) is 38.7 Å². The van der Waals surface area contributed by atoms with Crippen molar-refractivity contribution in [3.63, 3.8) is 0 Å². The Morgan fingerprint density at radius 1 is 1.18 bits per heavy atom. The second kappa shape index (κ2) is 10.2. The summed E-state index contributed by atoms with van der Waals surface area (Å²) in [5, 5.41) is 2.97. The maximum absolute atomic E-state index is 13.1. The van der Waals surface area contributed by atoms with Crippen LogP contribution in [-0.4, -0.2) is 33.5 Å². The van der Waals surface area contributed by atoms with Gasteiger partial charge in [-0.15, -0.1) is 0 Å². The zero-order chi connectivity index (χ0) is 21.5. The lowest BCUT2D eigenvalue weighted by Gasteiger charge is -2.17. The standard InChI is InChI=1S/C17H25F4N3O3S/c1-11(2)9-14(16(22)25)23-7-3-4-8-24-28(26,27)15-6-5-12(18)10-13(15)17(19,20)21/h5-6,10-11,14,23-24H,3-4,7-9H2,1-2H3,(H2,22,25)/t14-/m0/s1. The number of nitrogens with one attached hydrogen (secondary N) is 2. The van der Waals surface area contributed by atoms with Gasteiger partial charge in [-0.1, -0.05) is 13.8 Å². The molecule has 160 valence electrons. The van der Waals surface area contributed by atoms with Gasteiger partial charge in [0.2, 0.25) is 15.9 Å². The third-order valence-corrected chi connectivity index (χ3v) is 5.39. The Morgan fingerprint density at radius 3 is 2.32 bits per heavy atom. The highest BCUT2D eigenvalue weighted by atomic mass is 32.2. The molecule has 1 atom stereocenters. The molecular weight excluding hydrogens is 402 g/mol. The number of hydrogen-bond acceptors (Lipinski definition) is 4. The van der Waals surface area contributed by atoms with Crippen LogP contribution in [0, 0.1) is 11.7 Å². The van der Waals surface area contributed by atoms with Gasteiger partial charge in [0.25, 0.3) is 0 Å². The first-order chi connectivity index (χ1) is 12.8. The van der Waals surface area contributed by atoms with Crippen molar-refractivity contribution in [1.82, 2.24) is 10.0 Å². The fourth-order valence-electron chi connectivity index (χ4n) is 2.54. The van der Waals surface area contributed by atoms with E-state index in [4.69, 9.17) is 5.73 Å². The van der Waals surface area contributed by atoms with Crippen LogP contribution < -0.4 is 15.8 Å². The maximum atomic E-state index is 13.1. The number of sulfonamides is 1. The summed E-state index contributed by atoms with van der Waals surface area (Å²) < 4.78 is 78.4. The van der Waals surface area contributed by atoms with Gasteiger partial charge in [0.15, 0.2) is 0 Å². The van der Waals surface area contributed by atoms with Crippen LogP contribution in [0.15, 0.2) is 23.1 Å². The number of primary amides is 1. The molecule has 0 spiro atoms. The number of benzene rings is 1. The summed E-state index contributed by atoms with van der Waals surface area (Å²) in [7, 11) is -4.45. The molecule has 0 unspecified atom stereocenters. The molecule has 1 aromatic rings. The monoisotopic (exact) mass is 427 g/mol. The lowest BCUT2D eigenvalue weighted by Crippen LogP contribution is -2.42. The van der Waals surface area contributed by atoms with Gasteiger partial charge in [-0.05, 0) is 49.9 Å². The van der Waals surface area contributed by atoms with Gasteiger partial charge >= 0.3 is 6.18 Å². The topological polar surface area (TPSA) is 101 Å². The van der Waals surface area contributed by atoms with Crippen LogP contribution >= 0.6 is 0 Å². The molecule has 0 aliphatic heterocycles. The fourth-order valence-corrected chi connectivity index (χ4v) is 3.82. The van der Waals surface area contributed by atoms with Crippen LogP contribution in [0.25, 0.3) is 0 Å². The van der Waals surface area contributed by atoms with Gasteiger partial charge in [-0.3, -0.25) is 4.79 Å². The molecule has 1 aromatic carbocycles. The SMILES string of the molecule is CC(C)C[C@H](NCCCCNS(=O)(=O)c1ccc(F)cc1C(F)(F)F)C(N)=O. The molecule has 0 radical (unpaired) electrons. The lowest BCUT2D eigenvalue weighted by molar-refractivity contribution is -0.140. The fraction of sp³-hybridized carbons (Fsp3) is 0.588. The molecule has 0 bridgehead atoms. The van der Waals surface area contributed by atoms with E-state index < -0.39 is 44.4 Å². The van der Waals surface area contributed by atoms with Crippen molar-refractivity contribution >= 4 is 15.9 Å². The summed E-state index contributed by atoms with van der Waals surface area (Å²) in [6, 6.07) is 0.903. The number of halogens is 4. The third-order valence-electron chi connectivity index (χ3n) is 3.87. The first kappa shape index (κ1) is 24.3. The summed E-state index contributed by atoms with van der Waals surface area (Å²) in [6.07, 6.45) is -3.65. The van der Waals surface area contributed by atoms with Crippen molar-refractivity contribution in [2.75, 3.05) is 13.1 Å². The van der Waals surface area contributed by atoms with E-state index >= 15 is 0 Å². The Labute approximate surface area is 161 Å². The number of carbonyl (C=O) groups excluding carboxylic acids is 1. The van der Waals surface area contributed by atoms with E-state index in [1.54, 1.807) is 0 Å². The van der Waals surface area contributed by atoms with Crippen molar-refractivity contribution in [2.45, 2.75) is 50.2 Å². The molecule has 1 amide bonds. The Hall–Kier alpha value is -1.72. The minimum absolute atomic E-state index is 0.107. The van der Waals surface area contributed by atoms with Gasteiger partial charge in [-0.25, -0.2) is 17.5 Å². The first-order valence-corrected chi connectivity index (χ1v) is 10.2. The molecular formula is C17H25F4N3O3S. The van der Waals surface area contributed by atoms with E-state index in [0.717, 1.165) is 0 Å². The van der Waals surface area contributed by atoms with Gasteiger partial charge < -0.3 is 11.1 Å². The smallest absolute Gasteiger partial charge is 0.368 e. The molecule has 0 saturated carbocycles. The van der Waals surface area contributed by atoms with Crippen molar-refractivity contribution in [3.8, 4) is 0 Å². The molecule has 0 aliphatic carbocycles. The summed E-state index contributed by atoms with van der Waals surface area (Å²) in [4.78, 5) is 10.3. The Bertz CT molecular complexity index is 767. The van der Waals surface area contributed by atoms with Gasteiger partial charge in [-0.2, -0.15) is 13.2 Å². The van der Waals surface area contributed by atoms with Crippen LogP contribution in [0.3, 0.4) is 0 Å². The van der Waals surface area contributed by atoms with E-state index in [1.807, 2.05) is 13.8 Å².